The van der Waals surface area contributed by atoms with E-state index in [2.05, 4.69) is 10.1 Å². The van der Waals surface area contributed by atoms with Gasteiger partial charge in [0.05, 0.1) is 6.61 Å². The van der Waals surface area contributed by atoms with Gasteiger partial charge in [-0.25, -0.2) is 0 Å². The van der Waals surface area contributed by atoms with Crippen LogP contribution >= 0.6 is 12.2 Å². The molecule has 0 saturated carbocycles. The third-order valence-electron chi connectivity index (χ3n) is 3.07. The van der Waals surface area contributed by atoms with Crippen molar-refractivity contribution in [1.82, 2.24) is 10.2 Å². The summed E-state index contributed by atoms with van der Waals surface area (Å²) in [5, 5.41) is 3.17. The summed E-state index contributed by atoms with van der Waals surface area (Å²) in [6.07, 6.45) is 1.58. The molecule has 0 aromatic heterocycles. The van der Waals surface area contributed by atoms with Gasteiger partial charge in [0.2, 0.25) is 0 Å². The van der Waals surface area contributed by atoms with Gasteiger partial charge in [0.15, 0.2) is 16.6 Å². The van der Waals surface area contributed by atoms with E-state index in [1.54, 1.807) is 19.1 Å². The molecule has 0 unspecified atom stereocenters. The number of benzene rings is 1. The van der Waals surface area contributed by atoms with E-state index in [1.807, 2.05) is 6.92 Å². The van der Waals surface area contributed by atoms with Gasteiger partial charge in [-0.15, -0.1) is 0 Å². The number of likely N-dealkylation sites (N-methyl/N-ethyl adjacent to an activating group) is 1. The number of thiocarbonyl (C=S) groups is 1. The number of amides is 1. The standard InChI is InChI=1S/C15H16F2N2O3S/c1-3-19-13(20)10(18-15(19)23)7-9-5-6-11(22-14(16)17)12(8-9)21-4-2/h5-8,14H,3-4H2,1-2H3,(H,18,23)/b10-7+. The van der Waals surface area contributed by atoms with Gasteiger partial charge in [0, 0.05) is 6.54 Å². The summed E-state index contributed by atoms with van der Waals surface area (Å²) in [7, 11) is 0. The molecular formula is C15H16F2N2O3S. The van der Waals surface area contributed by atoms with Gasteiger partial charge >= 0.3 is 6.61 Å². The van der Waals surface area contributed by atoms with Crippen LogP contribution in [-0.2, 0) is 4.79 Å². The van der Waals surface area contributed by atoms with E-state index in [9.17, 15) is 13.6 Å². The number of carbonyl (C=O) groups excluding carboxylic acids is 1. The molecule has 0 spiro atoms. The fourth-order valence-corrected chi connectivity index (χ4v) is 2.42. The normalized spacial score (nSPS) is 16.2. The molecule has 1 fully saturated rings. The molecule has 1 aliphatic rings. The van der Waals surface area contributed by atoms with Gasteiger partial charge in [-0.3, -0.25) is 9.69 Å². The van der Waals surface area contributed by atoms with Gasteiger partial charge in [0.25, 0.3) is 5.91 Å². The number of ether oxygens (including phenoxy) is 2. The largest absolute Gasteiger partial charge is 0.490 e. The van der Waals surface area contributed by atoms with Crippen molar-refractivity contribution in [3.8, 4) is 11.5 Å². The topological polar surface area (TPSA) is 50.8 Å². The molecule has 23 heavy (non-hydrogen) atoms. The van der Waals surface area contributed by atoms with Crippen LogP contribution in [0, 0.1) is 0 Å². The third-order valence-corrected chi connectivity index (χ3v) is 3.40. The van der Waals surface area contributed by atoms with Crippen LogP contribution in [0.25, 0.3) is 6.08 Å². The minimum atomic E-state index is -2.94. The Bertz CT molecular complexity index is 650. The fourth-order valence-electron chi connectivity index (χ4n) is 2.10. The second-order valence-corrected chi connectivity index (χ2v) is 4.94. The van der Waals surface area contributed by atoms with Crippen molar-refractivity contribution in [3.05, 3.63) is 29.5 Å². The number of alkyl halides is 2. The van der Waals surface area contributed by atoms with Gasteiger partial charge in [-0.2, -0.15) is 8.78 Å². The third kappa shape index (κ3) is 3.95. The highest BCUT2D eigenvalue weighted by atomic mass is 32.1. The molecule has 124 valence electrons. The molecule has 1 aliphatic heterocycles. The Hall–Kier alpha value is -2.22. The number of rotatable bonds is 6. The summed E-state index contributed by atoms with van der Waals surface area (Å²) in [4.78, 5) is 13.6. The summed E-state index contributed by atoms with van der Waals surface area (Å²) in [5.41, 5.74) is 0.925. The predicted octanol–water partition coefficient (Wildman–Crippen LogP) is 2.76. The number of carbonyl (C=O) groups is 1. The monoisotopic (exact) mass is 342 g/mol. The smallest absolute Gasteiger partial charge is 0.387 e. The van der Waals surface area contributed by atoms with Crippen LogP contribution in [0.15, 0.2) is 23.9 Å². The Morgan fingerprint density at radius 2 is 2.09 bits per heavy atom. The average Bonchev–Trinajstić information content (AvgIpc) is 2.75. The van der Waals surface area contributed by atoms with E-state index in [0.29, 0.717) is 29.5 Å². The van der Waals surface area contributed by atoms with Crippen molar-refractivity contribution >= 4 is 29.3 Å². The number of halogens is 2. The number of nitrogens with zero attached hydrogens (tertiary/aromatic N) is 1. The van der Waals surface area contributed by atoms with E-state index >= 15 is 0 Å². The molecule has 2 rings (SSSR count). The molecule has 1 aromatic rings. The average molecular weight is 342 g/mol. The van der Waals surface area contributed by atoms with Crippen LogP contribution in [0.4, 0.5) is 8.78 Å². The molecule has 0 radical (unpaired) electrons. The Labute approximate surface area is 137 Å². The zero-order valence-electron chi connectivity index (χ0n) is 12.6. The lowest BCUT2D eigenvalue weighted by Gasteiger charge is -2.12. The van der Waals surface area contributed by atoms with Crippen LogP contribution in [0.1, 0.15) is 19.4 Å². The minimum absolute atomic E-state index is 0.0552. The Morgan fingerprint density at radius 1 is 1.35 bits per heavy atom. The number of hydrogen-bond donors (Lipinski definition) is 1. The summed E-state index contributed by atoms with van der Waals surface area (Å²) in [6, 6.07) is 4.46. The first-order valence-electron chi connectivity index (χ1n) is 7.02. The second-order valence-electron chi connectivity index (χ2n) is 4.56. The number of hydrogen-bond acceptors (Lipinski definition) is 4. The zero-order valence-corrected chi connectivity index (χ0v) is 13.5. The van der Waals surface area contributed by atoms with Gasteiger partial charge in [0.1, 0.15) is 5.70 Å². The molecule has 1 saturated heterocycles. The summed E-state index contributed by atoms with van der Waals surface area (Å²) in [6.45, 7) is 1.37. The maximum atomic E-state index is 12.4. The highest BCUT2D eigenvalue weighted by Gasteiger charge is 2.29. The van der Waals surface area contributed by atoms with Crippen LogP contribution in [0.5, 0.6) is 11.5 Å². The predicted molar refractivity (Wildman–Crippen MR) is 85.3 cm³/mol. The molecular weight excluding hydrogens is 326 g/mol. The Kier molecular flexibility index (Phi) is 5.49. The van der Waals surface area contributed by atoms with E-state index in [1.165, 1.54) is 17.0 Å². The van der Waals surface area contributed by atoms with Crippen molar-refractivity contribution < 1.29 is 23.0 Å². The highest BCUT2D eigenvalue weighted by molar-refractivity contribution is 7.80. The molecule has 5 nitrogen and oxygen atoms in total. The lowest BCUT2D eigenvalue weighted by molar-refractivity contribution is -0.122. The zero-order chi connectivity index (χ0) is 17.0. The van der Waals surface area contributed by atoms with Gasteiger partial charge in [-0.1, -0.05) is 6.07 Å². The lowest BCUT2D eigenvalue weighted by atomic mass is 10.1. The molecule has 0 bridgehead atoms. The first kappa shape index (κ1) is 17.1. The van der Waals surface area contributed by atoms with Crippen molar-refractivity contribution in [2.45, 2.75) is 20.5 Å². The molecule has 0 atom stereocenters. The van der Waals surface area contributed by atoms with Crippen molar-refractivity contribution in [2.75, 3.05) is 13.2 Å². The SMILES string of the molecule is CCOc1cc(/C=C2/NC(=S)N(CC)C2=O)ccc1OC(F)F. The molecule has 0 aliphatic carbocycles. The van der Waals surface area contributed by atoms with Crippen LogP contribution < -0.4 is 14.8 Å². The Morgan fingerprint density at radius 3 is 2.65 bits per heavy atom. The van der Waals surface area contributed by atoms with E-state index < -0.39 is 6.61 Å². The minimum Gasteiger partial charge on any atom is -0.490 e. The van der Waals surface area contributed by atoms with Gasteiger partial charge < -0.3 is 14.8 Å². The summed E-state index contributed by atoms with van der Waals surface area (Å²) < 4.78 is 34.5. The van der Waals surface area contributed by atoms with Crippen LogP contribution in [0.2, 0.25) is 0 Å². The van der Waals surface area contributed by atoms with E-state index in [0.717, 1.165) is 0 Å². The van der Waals surface area contributed by atoms with Crippen molar-refractivity contribution in [2.24, 2.45) is 0 Å². The van der Waals surface area contributed by atoms with Gasteiger partial charge in [-0.05, 0) is 49.8 Å². The maximum Gasteiger partial charge on any atom is 0.387 e. The van der Waals surface area contributed by atoms with Crippen LogP contribution in [-0.4, -0.2) is 35.7 Å². The summed E-state index contributed by atoms with van der Waals surface area (Å²) in [5.74, 6) is -0.105. The van der Waals surface area contributed by atoms with Crippen molar-refractivity contribution in [1.29, 1.82) is 0 Å². The molecule has 1 heterocycles. The molecule has 1 amide bonds. The first-order chi connectivity index (χ1) is 11.0. The van der Waals surface area contributed by atoms with E-state index in [-0.39, 0.29) is 17.4 Å². The first-order valence-corrected chi connectivity index (χ1v) is 7.43. The summed E-state index contributed by atoms with van der Waals surface area (Å²) >= 11 is 5.07. The second kappa shape index (κ2) is 7.36. The number of nitrogens with one attached hydrogen (secondary N) is 1. The van der Waals surface area contributed by atoms with Crippen molar-refractivity contribution in [3.63, 3.8) is 0 Å². The Balaban J connectivity index is 2.30. The highest BCUT2D eigenvalue weighted by Crippen LogP contribution is 2.30. The maximum absolute atomic E-state index is 12.4. The molecule has 1 N–H and O–H groups in total. The van der Waals surface area contributed by atoms with E-state index in [4.69, 9.17) is 17.0 Å². The quantitative estimate of drug-likeness (QED) is 0.636. The molecule has 1 aromatic carbocycles. The van der Waals surface area contributed by atoms with Crippen LogP contribution in [0.3, 0.4) is 0 Å². The molecule has 8 heteroatoms. The lowest BCUT2D eigenvalue weighted by Crippen LogP contribution is -2.30. The fraction of sp³-hybridized carbons (Fsp3) is 0.333.